The highest BCUT2D eigenvalue weighted by Gasteiger charge is 2.39. The van der Waals surface area contributed by atoms with E-state index in [1.54, 1.807) is 43.3 Å². The van der Waals surface area contributed by atoms with Gasteiger partial charge in [0.25, 0.3) is 11.9 Å². The molecule has 1 saturated heterocycles. The van der Waals surface area contributed by atoms with Crippen molar-refractivity contribution in [2.75, 3.05) is 50.8 Å². The fraction of sp³-hybridized carbons (Fsp3) is 0.400. The van der Waals surface area contributed by atoms with Gasteiger partial charge in [0, 0.05) is 18.7 Å². The lowest BCUT2D eigenvalue weighted by Crippen LogP contribution is -2.46. The number of aromatic nitrogens is 2. The van der Waals surface area contributed by atoms with Crippen LogP contribution < -0.4 is 20.5 Å². The summed E-state index contributed by atoms with van der Waals surface area (Å²) in [5, 5.41) is 3.91. The summed E-state index contributed by atoms with van der Waals surface area (Å²) in [7, 11) is 3.39. The lowest BCUT2D eigenvalue weighted by molar-refractivity contribution is -0.137. The number of benzene rings is 2. The number of piperidine rings is 1. The van der Waals surface area contributed by atoms with E-state index in [9.17, 15) is 27.2 Å². The van der Waals surface area contributed by atoms with Crippen molar-refractivity contribution in [3.8, 4) is 5.75 Å². The van der Waals surface area contributed by atoms with Gasteiger partial charge in [-0.2, -0.15) is 18.2 Å². The number of nitrogens with zero attached hydrogens (tertiary/aromatic N) is 5. The number of halogens is 4. The number of methoxy groups -OCH3 is 1. The molecular weight excluding hydrogens is 582 g/mol. The molecule has 3 aromatic rings. The Labute approximate surface area is 252 Å². The zero-order chi connectivity index (χ0) is 31.6. The molecule has 1 atom stereocenters. The Morgan fingerprint density at radius 2 is 1.86 bits per heavy atom. The molecule has 0 bridgehead atoms. The number of alkyl halides is 4. The Balaban J connectivity index is 1.57. The third kappa shape index (κ3) is 6.11. The zero-order valence-electron chi connectivity index (χ0n) is 24.5. The predicted molar refractivity (Wildman–Crippen MR) is 156 cm³/mol. The van der Waals surface area contributed by atoms with Crippen LogP contribution in [0.15, 0.2) is 48.7 Å². The first kappa shape index (κ1) is 31.0. The number of nitrogens with one attached hydrogen (secondary N) is 2. The first-order chi connectivity index (χ1) is 21.0. The van der Waals surface area contributed by atoms with Gasteiger partial charge in [-0.05, 0) is 63.7 Å². The van der Waals surface area contributed by atoms with E-state index >= 15 is 0 Å². The van der Waals surface area contributed by atoms with Crippen LogP contribution >= 0.6 is 0 Å². The van der Waals surface area contributed by atoms with Crippen LogP contribution in [0, 0.1) is 5.92 Å². The van der Waals surface area contributed by atoms with Gasteiger partial charge in [-0.3, -0.25) is 15.0 Å². The maximum atomic E-state index is 14.2. The number of likely N-dealkylation sites (tertiary alicyclic amines) is 1. The van der Waals surface area contributed by atoms with E-state index in [-0.39, 0.29) is 35.6 Å². The first-order valence-corrected chi connectivity index (χ1v) is 14.2. The summed E-state index contributed by atoms with van der Waals surface area (Å²) < 4.78 is 61.4. The van der Waals surface area contributed by atoms with Gasteiger partial charge in [0.15, 0.2) is 0 Å². The second-order valence-electron chi connectivity index (χ2n) is 10.7. The van der Waals surface area contributed by atoms with Gasteiger partial charge < -0.3 is 19.9 Å². The number of carbonyl (C=O) groups excluding carboxylic acids is 2. The fourth-order valence-electron chi connectivity index (χ4n) is 5.55. The predicted octanol–water partition coefficient (Wildman–Crippen LogP) is 5.25. The normalized spacial score (nSPS) is 17.4. The summed E-state index contributed by atoms with van der Waals surface area (Å²) in [4.78, 5) is 38.3. The lowest BCUT2D eigenvalue weighted by Gasteiger charge is -2.31. The molecular formula is C30H33F4N7O3. The molecule has 1 fully saturated rings. The second kappa shape index (κ2) is 12.6. The lowest BCUT2D eigenvalue weighted by atomic mass is 9.96. The molecule has 0 radical (unpaired) electrons. The van der Waals surface area contributed by atoms with Crippen molar-refractivity contribution >= 4 is 35.0 Å². The van der Waals surface area contributed by atoms with E-state index < -0.39 is 36.2 Å². The number of fused-ring (bicyclic) bond motifs is 1. The molecule has 2 aliphatic rings. The molecule has 5 rings (SSSR count). The quantitative estimate of drug-likeness (QED) is 0.249. The molecule has 1 aromatic heterocycles. The Kier molecular flexibility index (Phi) is 8.90. The van der Waals surface area contributed by atoms with E-state index in [4.69, 9.17) is 4.74 Å². The van der Waals surface area contributed by atoms with Crippen molar-refractivity contribution in [2.24, 2.45) is 5.92 Å². The van der Waals surface area contributed by atoms with Crippen LogP contribution in [0.1, 0.15) is 47.3 Å². The van der Waals surface area contributed by atoms with E-state index in [0.29, 0.717) is 36.0 Å². The average Bonchev–Trinajstić information content (AvgIpc) is 3.25. The first-order valence-electron chi connectivity index (χ1n) is 14.2. The molecule has 2 aliphatic heterocycles. The molecule has 3 heterocycles. The molecule has 2 N–H and O–H groups in total. The van der Waals surface area contributed by atoms with Crippen LogP contribution in [0.5, 0.6) is 5.75 Å². The maximum Gasteiger partial charge on any atom is 0.421 e. The van der Waals surface area contributed by atoms with E-state index in [1.807, 2.05) is 7.05 Å². The van der Waals surface area contributed by atoms with Crippen molar-refractivity contribution in [3.05, 3.63) is 65.4 Å². The Morgan fingerprint density at radius 1 is 1.14 bits per heavy atom. The maximum absolute atomic E-state index is 14.2. The molecule has 2 amide bonds. The number of hydrogen-bond acceptors (Lipinski definition) is 8. The topological polar surface area (TPSA) is 103 Å². The molecule has 0 aliphatic carbocycles. The number of rotatable bonds is 9. The Morgan fingerprint density at radius 3 is 2.55 bits per heavy atom. The summed E-state index contributed by atoms with van der Waals surface area (Å²) in [6.07, 6.45) is -3.03. The van der Waals surface area contributed by atoms with Crippen molar-refractivity contribution in [1.82, 2.24) is 25.2 Å². The average molecular weight is 616 g/mol. The van der Waals surface area contributed by atoms with Crippen molar-refractivity contribution in [2.45, 2.75) is 32.0 Å². The van der Waals surface area contributed by atoms with Gasteiger partial charge in [0.1, 0.15) is 29.5 Å². The summed E-state index contributed by atoms with van der Waals surface area (Å²) in [6, 6.07) is 10.9. The number of ether oxygens (including phenoxy) is 1. The molecule has 1 unspecified atom stereocenters. The molecule has 234 valence electrons. The van der Waals surface area contributed by atoms with Crippen LogP contribution in [0.2, 0.25) is 0 Å². The smallest absolute Gasteiger partial charge is 0.421 e. The van der Waals surface area contributed by atoms with Gasteiger partial charge in [0.05, 0.1) is 24.4 Å². The highest BCUT2D eigenvalue weighted by Crippen LogP contribution is 2.41. The largest absolute Gasteiger partial charge is 0.494 e. The van der Waals surface area contributed by atoms with Crippen molar-refractivity contribution in [3.63, 3.8) is 0 Å². The monoisotopic (exact) mass is 615 g/mol. The summed E-state index contributed by atoms with van der Waals surface area (Å²) >= 11 is 0. The van der Waals surface area contributed by atoms with E-state index in [1.165, 1.54) is 23.1 Å². The van der Waals surface area contributed by atoms with Gasteiger partial charge in [-0.1, -0.05) is 24.3 Å². The molecule has 0 spiro atoms. The summed E-state index contributed by atoms with van der Waals surface area (Å²) in [5.41, 5.74) is 2.69. The SMILES string of the molecule is COc1ccccc1N(NC(=O)C1CCN(C)CC1)c1ncc(C(F)(F)F)c(Nc2cccc3c2C(=O)N(CCF)C3C)n1. The van der Waals surface area contributed by atoms with Gasteiger partial charge >= 0.3 is 6.18 Å². The van der Waals surface area contributed by atoms with Crippen LogP contribution in [-0.2, 0) is 11.0 Å². The van der Waals surface area contributed by atoms with E-state index in [2.05, 4.69) is 25.6 Å². The number of hydrazine groups is 1. The van der Waals surface area contributed by atoms with Gasteiger partial charge in [-0.25, -0.2) is 14.4 Å². The molecule has 2 aromatic carbocycles. The molecule has 10 nitrogen and oxygen atoms in total. The number of amides is 2. The molecule has 44 heavy (non-hydrogen) atoms. The number of hydrogen-bond donors (Lipinski definition) is 2. The summed E-state index contributed by atoms with van der Waals surface area (Å²) in [5.74, 6) is -1.75. The number of para-hydroxylation sites is 2. The molecule has 14 heteroatoms. The third-order valence-electron chi connectivity index (χ3n) is 7.99. The minimum atomic E-state index is -4.86. The van der Waals surface area contributed by atoms with Gasteiger partial charge in [-0.15, -0.1) is 0 Å². The number of carbonyl (C=O) groups is 2. The minimum Gasteiger partial charge on any atom is -0.494 e. The van der Waals surface area contributed by atoms with E-state index in [0.717, 1.165) is 13.1 Å². The Hall–Kier alpha value is -4.46. The Bertz CT molecular complexity index is 1530. The van der Waals surface area contributed by atoms with Crippen LogP contribution in [0.25, 0.3) is 0 Å². The summed E-state index contributed by atoms with van der Waals surface area (Å²) in [6.45, 7) is 2.26. The van der Waals surface area contributed by atoms with Crippen molar-refractivity contribution < 1.29 is 31.9 Å². The fourth-order valence-corrected chi connectivity index (χ4v) is 5.55. The van der Waals surface area contributed by atoms with Crippen molar-refractivity contribution in [1.29, 1.82) is 0 Å². The van der Waals surface area contributed by atoms with Gasteiger partial charge in [0.2, 0.25) is 5.91 Å². The van der Waals surface area contributed by atoms with Crippen LogP contribution in [0.3, 0.4) is 0 Å². The van der Waals surface area contributed by atoms with Crippen LogP contribution in [-0.4, -0.2) is 72.0 Å². The highest BCUT2D eigenvalue weighted by molar-refractivity contribution is 6.04. The van der Waals surface area contributed by atoms with Crippen LogP contribution in [0.4, 0.5) is 40.7 Å². The highest BCUT2D eigenvalue weighted by atomic mass is 19.4. The number of anilines is 4. The minimum absolute atomic E-state index is 0.0788. The second-order valence-corrected chi connectivity index (χ2v) is 10.7. The zero-order valence-corrected chi connectivity index (χ0v) is 24.5. The standard InChI is InChI=1S/C30H33F4N7O3/c1-18-20-7-6-8-22(25(20)28(43)40(18)16-13-31)36-26-21(30(32,33)34)17-35-29(37-26)41(23-9-4-5-10-24(23)44-3)38-27(42)19-11-14-39(2)15-12-19/h4-10,17-19H,11-16H2,1-3H3,(H,38,42)(H,35,36,37). The molecule has 0 saturated carbocycles. The third-order valence-corrected chi connectivity index (χ3v) is 7.99.